The van der Waals surface area contributed by atoms with Crippen LogP contribution in [0.2, 0.25) is 30.8 Å². The molecule has 1 saturated carbocycles. The highest BCUT2D eigenvalue weighted by Gasteiger charge is 2.49. The zero-order chi connectivity index (χ0) is 32.5. The summed E-state index contributed by atoms with van der Waals surface area (Å²) in [4.78, 5) is 12.1. The molecule has 0 bridgehead atoms. The second kappa shape index (κ2) is 16.6. The molecular weight excluding hydrogens is 579 g/mol. The molecule has 2 aliphatic rings. The van der Waals surface area contributed by atoms with Crippen LogP contribution in [0, 0.1) is 17.8 Å². The normalized spacial score (nSPS) is 22.0. The molecule has 1 fully saturated rings. The Kier molecular flexibility index (Phi) is 13.2. The monoisotopic (exact) mass is 635 g/mol. The van der Waals surface area contributed by atoms with Crippen molar-refractivity contribution in [3.63, 3.8) is 0 Å². The lowest BCUT2D eigenvalue weighted by Crippen LogP contribution is -2.45. The summed E-state index contributed by atoms with van der Waals surface area (Å²) in [5.74, 6) is 1.78. The number of aliphatic hydroxyl groups excluding tert-OH is 1. The van der Waals surface area contributed by atoms with Crippen molar-refractivity contribution >= 4 is 21.6 Å². The van der Waals surface area contributed by atoms with Gasteiger partial charge in [-0.1, -0.05) is 82.4 Å². The average Bonchev–Trinajstić information content (AvgIpc) is 3.32. The van der Waals surface area contributed by atoms with Crippen molar-refractivity contribution in [1.82, 2.24) is 0 Å². The smallest absolute Gasteiger partial charge is 0.298 e. The molecular formula is C37H56BO6Si. The highest BCUT2D eigenvalue weighted by molar-refractivity contribution is 6.74. The molecule has 2 aromatic carbocycles. The number of rotatable bonds is 17. The molecule has 0 amide bonds. The molecule has 247 valence electrons. The third-order valence-corrected chi connectivity index (χ3v) is 15.1. The lowest BCUT2D eigenvalue weighted by atomic mass is 9.69. The lowest BCUT2D eigenvalue weighted by molar-refractivity contribution is -0.142. The first-order valence-electron chi connectivity index (χ1n) is 17.2. The SMILES string of the molecule is CC(C)(C)[Si](C)(C)OC1C[C@@H]2Cc3c(O)cccc3C[C@@H]2[C@H]1CC[C@H](CCCC[B]CC(=O)OCc1ccccc1)OCCO. The largest absolute Gasteiger partial charge is 0.508 e. The van der Waals surface area contributed by atoms with Crippen LogP contribution in [0.4, 0.5) is 0 Å². The number of aliphatic hydroxyl groups is 1. The third kappa shape index (κ3) is 10.2. The van der Waals surface area contributed by atoms with E-state index in [0.29, 0.717) is 43.0 Å². The van der Waals surface area contributed by atoms with Gasteiger partial charge in [-0.05, 0) is 97.2 Å². The maximum atomic E-state index is 12.1. The Bertz CT molecular complexity index is 1200. The van der Waals surface area contributed by atoms with Gasteiger partial charge >= 0.3 is 0 Å². The van der Waals surface area contributed by atoms with Crippen molar-refractivity contribution in [2.45, 2.75) is 122 Å². The van der Waals surface area contributed by atoms with Gasteiger partial charge in [-0.15, -0.1) is 0 Å². The van der Waals surface area contributed by atoms with Crippen LogP contribution in [0.1, 0.15) is 76.0 Å². The quantitative estimate of drug-likeness (QED) is 0.105. The Morgan fingerprint density at radius 2 is 1.82 bits per heavy atom. The number of benzene rings is 2. The summed E-state index contributed by atoms with van der Waals surface area (Å²) in [6.45, 7) is 12.4. The fourth-order valence-corrected chi connectivity index (χ4v) is 8.45. The first-order valence-corrected chi connectivity index (χ1v) is 20.1. The number of aromatic hydroxyl groups is 1. The maximum Gasteiger partial charge on any atom is 0.298 e. The maximum absolute atomic E-state index is 12.1. The van der Waals surface area contributed by atoms with Crippen LogP contribution in [-0.2, 0) is 38.1 Å². The van der Waals surface area contributed by atoms with Gasteiger partial charge in [0.2, 0.25) is 0 Å². The molecule has 0 aromatic heterocycles. The van der Waals surface area contributed by atoms with Crippen LogP contribution in [0.15, 0.2) is 48.5 Å². The Balaban J connectivity index is 1.29. The van der Waals surface area contributed by atoms with Gasteiger partial charge in [0, 0.05) is 12.4 Å². The molecule has 6 nitrogen and oxygen atoms in total. The highest BCUT2D eigenvalue weighted by Crippen LogP contribution is 2.51. The molecule has 2 N–H and O–H groups in total. The van der Waals surface area contributed by atoms with Gasteiger partial charge in [0.15, 0.2) is 8.32 Å². The third-order valence-electron chi connectivity index (χ3n) is 10.6. The summed E-state index contributed by atoms with van der Waals surface area (Å²) in [5.41, 5.74) is 3.43. The van der Waals surface area contributed by atoms with Gasteiger partial charge in [-0.3, -0.25) is 4.79 Å². The number of fused-ring (bicyclic) bond motifs is 2. The number of phenolic OH excluding ortho intramolecular Hbond substituents is 1. The molecule has 8 heteroatoms. The van der Waals surface area contributed by atoms with E-state index in [4.69, 9.17) is 13.9 Å². The Morgan fingerprint density at radius 1 is 1.04 bits per heavy atom. The molecule has 0 aliphatic heterocycles. The number of hydrogen-bond acceptors (Lipinski definition) is 6. The second-order valence-electron chi connectivity index (χ2n) is 14.8. The van der Waals surface area contributed by atoms with Crippen LogP contribution < -0.4 is 0 Å². The molecule has 0 saturated heterocycles. The van der Waals surface area contributed by atoms with E-state index in [-0.39, 0.29) is 29.8 Å². The summed E-state index contributed by atoms with van der Waals surface area (Å²) in [6.07, 6.45) is 9.47. The molecule has 2 aromatic rings. The zero-order valence-corrected chi connectivity index (χ0v) is 29.3. The molecule has 4 rings (SSSR count). The van der Waals surface area contributed by atoms with Crippen LogP contribution in [-0.4, -0.2) is 57.2 Å². The van der Waals surface area contributed by atoms with E-state index in [1.54, 1.807) is 0 Å². The number of carbonyl (C=O) groups is 1. The van der Waals surface area contributed by atoms with E-state index in [1.165, 1.54) is 5.56 Å². The van der Waals surface area contributed by atoms with Crippen molar-refractivity contribution in [2.24, 2.45) is 17.8 Å². The summed E-state index contributed by atoms with van der Waals surface area (Å²) >= 11 is 0. The lowest BCUT2D eigenvalue weighted by Gasteiger charge is -2.40. The van der Waals surface area contributed by atoms with Crippen LogP contribution in [0.3, 0.4) is 0 Å². The van der Waals surface area contributed by atoms with Crippen molar-refractivity contribution < 1.29 is 28.9 Å². The van der Waals surface area contributed by atoms with E-state index in [0.717, 1.165) is 68.8 Å². The van der Waals surface area contributed by atoms with Gasteiger partial charge in [0.25, 0.3) is 5.97 Å². The minimum Gasteiger partial charge on any atom is -0.508 e. The molecule has 1 unspecified atom stereocenters. The Labute approximate surface area is 273 Å². The van der Waals surface area contributed by atoms with Crippen molar-refractivity contribution in [3.05, 3.63) is 65.2 Å². The molecule has 0 spiro atoms. The van der Waals surface area contributed by atoms with E-state index >= 15 is 0 Å². The summed E-state index contributed by atoms with van der Waals surface area (Å²) in [6, 6.07) is 15.8. The fraction of sp³-hybridized carbons (Fsp3) is 0.649. The number of phenols is 1. The van der Waals surface area contributed by atoms with Crippen LogP contribution >= 0.6 is 0 Å². The van der Waals surface area contributed by atoms with Crippen molar-refractivity contribution in [1.29, 1.82) is 0 Å². The summed E-state index contributed by atoms with van der Waals surface area (Å²) < 4.78 is 18.7. The van der Waals surface area contributed by atoms with Gasteiger partial charge < -0.3 is 24.1 Å². The van der Waals surface area contributed by atoms with Gasteiger partial charge in [-0.25, -0.2) is 0 Å². The topological polar surface area (TPSA) is 85.2 Å². The predicted octanol–water partition coefficient (Wildman–Crippen LogP) is 7.75. The van der Waals surface area contributed by atoms with Crippen LogP contribution in [0.5, 0.6) is 5.75 Å². The zero-order valence-electron chi connectivity index (χ0n) is 28.3. The summed E-state index contributed by atoms with van der Waals surface area (Å²) in [7, 11) is 0.0660. The van der Waals surface area contributed by atoms with E-state index < -0.39 is 8.32 Å². The number of esters is 1. The molecule has 1 radical (unpaired) electrons. The minimum atomic E-state index is -1.96. The molecule has 45 heavy (non-hydrogen) atoms. The molecule has 2 aliphatic carbocycles. The number of hydrogen-bond donors (Lipinski definition) is 2. The van der Waals surface area contributed by atoms with E-state index in [2.05, 4.69) is 39.9 Å². The van der Waals surface area contributed by atoms with Crippen molar-refractivity contribution in [3.8, 4) is 5.75 Å². The number of ether oxygens (including phenoxy) is 2. The van der Waals surface area contributed by atoms with Crippen LogP contribution in [0.25, 0.3) is 0 Å². The van der Waals surface area contributed by atoms with Gasteiger partial charge in [0.05, 0.1) is 19.3 Å². The second-order valence-corrected chi connectivity index (χ2v) is 19.5. The first-order chi connectivity index (χ1) is 21.5. The van der Waals surface area contributed by atoms with E-state index in [1.807, 2.05) is 49.7 Å². The highest BCUT2D eigenvalue weighted by atomic mass is 28.4. The van der Waals surface area contributed by atoms with Gasteiger partial charge in [-0.2, -0.15) is 0 Å². The molecule has 0 heterocycles. The van der Waals surface area contributed by atoms with Crippen molar-refractivity contribution in [2.75, 3.05) is 13.2 Å². The Morgan fingerprint density at radius 3 is 2.56 bits per heavy atom. The minimum absolute atomic E-state index is 0.0287. The fourth-order valence-electron chi connectivity index (χ4n) is 7.07. The Hall–Kier alpha value is -2.13. The standard InChI is InChI=1S/C37H56BO6Si/c1-37(2,3)45(4,5)44-35-24-29-23-33-28(14-11-16-34(33)40)22-32(29)31(35)18-17-30(42-21-20-39)15-9-10-19-38-25-36(41)43-26-27-12-7-6-8-13-27/h6-8,11-14,16,29-32,35,39-40H,9-10,15,17-26H2,1-5H3/t29-,30-,31+,32-,35?/m0/s1. The average molecular weight is 636 g/mol. The summed E-state index contributed by atoms with van der Waals surface area (Å²) in [5, 5.41) is 20.3. The van der Waals surface area contributed by atoms with Gasteiger partial charge in [0.1, 0.15) is 19.6 Å². The predicted molar refractivity (Wildman–Crippen MR) is 184 cm³/mol. The first kappa shape index (κ1) is 35.7. The van der Waals surface area contributed by atoms with E-state index in [9.17, 15) is 15.0 Å². The number of carbonyl (C=O) groups excluding carboxylic acids is 1. The number of unbranched alkanes of at least 4 members (excludes halogenated alkanes) is 1. The molecule has 5 atom stereocenters.